The van der Waals surface area contributed by atoms with Crippen LogP contribution in [0.25, 0.3) is 0 Å². The number of ether oxygens (including phenoxy) is 2. The summed E-state index contributed by atoms with van der Waals surface area (Å²) in [5.74, 6) is -13.1. The Morgan fingerprint density at radius 1 is 0.600 bits per heavy atom. The van der Waals surface area contributed by atoms with Crippen LogP contribution in [-0.4, -0.2) is 0 Å². The van der Waals surface area contributed by atoms with Crippen LogP contribution in [0.5, 0.6) is 11.5 Å². The van der Waals surface area contributed by atoms with Crippen molar-refractivity contribution in [3.8, 4) is 11.5 Å². The molecule has 12 heteroatoms. The lowest BCUT2D eigenvalue weighted by atomic mass is 10.1. The van der Waals surface area contributed by atoms with Crippen molar-refractivity contribution in [1.29, 1.82) is 0 Å². The van der Waals surface area contributed by atoms with Gasteiger partial charge in [-0.2, -0.15) is 17.6 Å². The van der Waals surface area contributed by atoms with E-state index in [0.29, 0.717) is 18.6 Å². The largest absolute Gasteiger partial charge is 0.429 e. The number of aryl methyl sites for hydroxylation is 1. The number of alkyl halides is 4. The van der Waals surface area contributed by atoms with Crippen LogP contribution in [0.1, 0.15) is 30.0 Å². The Morgan fingerprint density at radius 3 is 1.69 bits per heavy atom. The third-order valence-electron chi connectivity index (χ3n) is 4.70. The molecule has 188 valence electrons. The Hall–Kier alpha value is -3.44. The maximum atomic E-state index is 14.4. The molecule has 0 saturated carbocycles. The van der Waals surface area contributed by atoms with E-state index in [9.17, 15) is 43.9 Å². The number of benzene rings is 3. The second-order valence-electron chi connectivity index (χ2n) is 7.23. The maximum absolute atomic E-state index is 14.4. The standard InChI is InChI=1S/C23H14F10O2/c1-2-3-11-4-6-15(20(28)19(11)27)23(32,33)34-12-5-7-14(16(24)8-12)22(30,31)35-13-9-17(25)21(29)18(26)10-13/h4-10H,2-3H2,1H3. The number of hydrogen-bond donors (Lipinski definition) is 0. The van der Waals surface area contributed by atoms with Crippen LogP contribution in [0, 0.1) is 34.9 Å². The summed E-state index contributed by atoms with van der Waals surface area (Å²) in [5.41, 5.74) is -3.21. The smallest absolute Gasteiger partial charge is 0.429 e. The quantitative estimate of drug-likeness (QED) is 0.227. The van der Waals surface area contributed by atoms with Crippen LogP contribution in [0.2, 0.25) is 0 Å². The van der Waals surface area contributed by atoms with Gasteiger partial charge in [0.2, 0.25) is 0 Å². The van der Waals surface area contributed by atoms with E-state index in [2.05, 4.69) is 9.47 Å². The van der Waals surface area contributed by atoms with Crippen molar-refractivity contribution in [3.05, 3.63) is 94.1 Å². The first kappa shape index (κ1) is 26.2. The van der Waals surface area contributed by atoms with Crippen LogP contribution in [0.15, 0.2) is 42.5 Å². The SMILES string of the molecule is CCCc1ccc(C(F)(F)Oc2ccc(C(F)(F)Oc3cc(F)c(F)c(F)c3)c(F)c2)c(F)c1F. The van der Waals surface area contributed by atoms with E-state index in [-0.39, 0.29) is 36.2 Å². The monoisotopic (exact) mass is 512 g/mol. The van der Waals surface area contributed by atoms with Gasteiger partial charge in [-0.25, -0.2) is 26.3 Å². The van der Waals surface area contributed by atoms with Gasteiger partial charge in [-0.05, 0) is 30.2 Å². The second-order valence-corrected chi connectivity index (χ2v) is 7.23. The summed E-state index contributed by atoms with van der Waals surface area (Å²) in [5, 5.41) is 0. The van der Waals surface area contributed by atoms with Crippen LogP contribution in [0.4, 0.5) is 43.9 Å². The fourth-order valence-electron chi connectivity index (χ4n) is 3.07. The van der Waals surface area contributed by atoms with Crippen LogP contribution in [-0.2, 0) is 18.6 Å². The zero-order chi connectivity index (χ0) is 26.1. The van der Waals surface area contributed by atoms with E-state index < -0.39 is 69.7 Å². The van der Waals surface area contributed by atoms with Gasteiger partial charge in [0.1, 0.15) is 28.4 Å². The van der Waals surface area contributed by atoms with Crippen LogP contribution < -0.4 is 9.47 Å². The van der Waals surface area contributed by atoms with Gasteiger partial charge >= 0.3 is 12.2 Å². The molecule has 0 radical (unpaired) electrons. The van der Waals surface area contributed by atoms with Crippen molar-refractivity contribution in [2.75, 3.05) is 0 Å². The van der Waals surface area contributed by atoms with Gasteiger partial charge in [0, 0.05) is 18.2 Å². The number of rotatable bonds is 8. The van der Waals surface area contributed by atoms with Crippen molar-refractivity contribution in [1.82, 2.24) is 0 Å². The Morgan fingerprint density at radius 2 is 1.11 bits per heavy atom. The van der Waals surface area contributed by atoms with Crippen molar-refractivity contribution in [2.24, 2.45) is 0 Å². The Balaban J connectivity index is 1.85. The van der Waals surface area contributed by atoms with Crippen LogP contribution in [0.3, 0.4) is 0 Å². The molecule has 2 nitrogen and oxygen atoms in total. The molecule has 0 N–H and O–H groups in total. The third-order valence-corrected chi connectivity index (χ3v) is 4.70. The van der Waals surface area contributed by atoms with E-state index in [0.717, 1.165) is 6.07 Å². The molecule has 0 fully saturated rings. The van der Waals surface area contributed by atoms with E-state index in [1.54, 1.807) is 6.92 Å². The fraction of sp³-hybridized carbons (Fsp3) is 0.217. The maximum Gasteiger partial charge on any atom is 0.429 e. The molecule has 0 aliphatic rings. The highest BCUT2D eigenvalue weighted by molar-refractivity contribution is 5.34. The molecule has 0 amide bonds. The third kappa shape index (κ3) is 5.46. The Bertz CT molecular complexity index is 1220. The molecule has 0 unspecified atom stereocenters. The first-order valence-electron chi connectivity index (χ1n) is 9.82. The molecule has 3 aromatic carbocycles. The Kier molecular flexibility index (Phi) is 7.23. The molecule has 0 spiro atoms. The van der Waals surface area contributed by atoms with Gasteiger partial charge in [0.15, 0.2) is 29.1 Å². The lowest BCUT2D eigenvalue weighted by molar-refractivity contribution is -0.189. The topological polar surface area (TPSA) is 18.5 Å². The predicted molar refractivity (Wildman–Crippen MR) is 102 cm³/mol. The normalized spacial score (nSPS) is 12.1. The van der Waals surface area contributed by atoms with Crippen molar-refractivity contribution < 1.29 is 53.4 Å². The summed E-state index contributed by atoms with van der Waals surface area (Å²) in [6.07, 6.45) is -8.62. The summed E-state index contributed by atoms with van der Waals surface area (Å²) < 4.78 is 148. The van der Waals surface area contributed by atoms with Gasteiger partial charge in [-0.3, -0.25) is 0 Å². The minimum Gasteiger partial charge on any atom is -0.429 e. The van der Waals surface area contributed by atoms with Gasteiger partial charge in [-0.15, -0.1) is 0 Å². The van der Waals surface area contributed by atoms with E-state index in [1.165, 1.54) is 0 Å². The highest BCUT2D eigenvalue weighted by Crippen LogP contribution is 2.38. The molecule has 0 aliphatic heterocycles. The summed E-state index contributed by atoms with van der Waals surface area (Å²) in [6, 6.07) is 2.48. The molecular formula is C23H14F10O2. The molecule has 0 bridgehead atoms. The van der Waals surface area contributed by atoms with Crippen molar-refractivity contribution >= 4 is 0 Å². The Labute approximate surface area is 191 Å². The van der Waals surface area contributed by atoms with E-state index in [1.807, 2.05) is 0 Å². The minimum absolute atomic E-state index is 0.0790. The lowest BCUT2D eigenvalue weighted by Gasteiger charge is -2.21. The molecule has 3 aromatic rings. The average Bonchev–Trinajstić information content (AvgIpc) is 2.74. The summed E-state index contributed by atoms with van der Waals surface area (Å²) in [6.45, 7) is 1.66. The molecule has 0 saturated heterocycles. The van der Waals surface area contributed by atoms with Crippen LogP contribution >= 0.6 is 0 Å². The molecule has 3 rings (SSSR count). The van der Waals surface area contributed by atoms with Crippen molar-refractivity contribution in [3.63, 3.8) is 0 Å². The van der Waals surface area contributed by atoms with Gasteiger partial charge < -0.3 is 9.47 Å². The highest BCUT2D eigenvalue weighted by Gasteiger charge is 2.41. The number of halogens is 10. The van der Waals surface area contributed by atoms with E-state index in [4.69, 9.17) is 0 Å². The second kappa shape index (κ2) is 9.67. The average molecular weight is 512 g/mol. The summed E-state index contributed by atoms with van der Waals surface area (Å²) >= 11 is 0. The summed E-state index contributed by atoms with van der Waals surface area (Å²) in [4.78, 5) is 0. The van der Waals surface area contributed by atoms with Gasteiger partial charge in [0.25, 0.3) is 0 Å². The molecule has 35 heavy (non-hydrogen) atoms. The molecule has 0 atom stereocenters. The predicted octanol–water partition coefficient (Wildman–Crippen LogP) is 7.73. The molecule has 0 aliphatic carbocycles. The minimum atomic E-state index is -4.59. The lowest BCUT2D eigenvalue weighted by Crippen LogP contribution is -2.25. The van der Waals surface area contributed by atoms with Crippen molar-refractivity contribution in [2.45, 2.75) is 32.0 Å². The fourth-order valence-corrected chi connectivity index (χ4v) is 3.07. The van der Waals surface area contributed by atoms with Gasteiger partial charge in [-0.1, -0.05) is 19.4 Å². The molecule has 0 aromatic heterocycles. The zero-order valence-electron chi connectivity index (χ0n) is 17.6. The van der Waals surface area contributed by atoms with Gasteiger partial charge in [0.05, 0.1) is 0 Å². The first-order valence-corrected chi connectivity index (χ1v) is 9.82. The molecule has 0 heterocycles. The first-order chi connectivity index (χ1) is 16.3. The zero-order valence-corrected chi connectivity index (χ0v) is 17.6. The summed E-state index contributed by atoms with van der Waals surface area (Å²) in [7, 11) is 0. The molecular weight excluding hydrogens is 498 g/mol. The van der Waals surface area contributed by atoms with E-state index >= 15 is 0 Å². The number of hydrogen-bond acceptors (Lipinski definition) is 2. The highest BCUT2D eigenvalue weighted by atomic mass is 19.3.